The SMILES string of the molecule is C[C@H](Nc1nc(C(F)(F)F)nc2ccccc12)c1ccccc1. The molecule has 0 saturated carbocycles. The number of anilines is 1. The number of rotatable bonds is 3. The van der Waals surface area contributed by atoms with E-state index < -0.39 is 12.0 Å². The van der Waals surface area contributed by atoms with Crippen LogP contribution in [0, 0.1) is 0 Å². The van der Waals surface area contributed by atoms with E-state index in [0.29, 0.717) is 5.39 Å². The van der Waals surface area contributed by atoms with Crippen molar-refractivity contribution in [3.8, 4) is 0 Å². The molecule has 6 heteroatoms. The third-order valence-corrected chi connectivity index (χ3v) is 3.51. The first-order valence-corrected chi connectivity index (χ1v) is 7.10. The van der Waals surface area contributed by atoms with Crippen LogP contribution in [0.5, 0.6) is 0 Å². The lowest BCUT2D eigenvalue weighted by molar-refractivity contribution is -0.144. The van der Waals surface area contributed by atoms with Gasteiger partial charge in [-0.25, -0.2) is 9.97 Å². The number of halogens is 3. The Kier molecular flexibility index (Phi) is 3.90. The summed E-state index contributed by atoms with van der Waals surface area (Å²) in [5, 5.41) is 3.62. The molecule has 0 fully saturated rings. The molecule has 0 aliphatic carbocycles. The molecule has 0 saturated heterocycles. The third-order valence-electron chi connectivity index (χ3n) is 3.51. The maximum atomic E-state index is 13.0. The third kappa shape index (κ3) is 3.26. The normalized spacial score (nSPS) is 13.0. The monoisotopic (exact) mass is 317 g/mol. The molecule has 0 aliphatic rings. The number of benzene rings is 2. The van der Waals surface area contributed by atoms with E-state index in [1.54, 1.807) is 24.3 Å². The number of nitrogens with zero attached hydrogens (tertiary/aromatic N) is 2. The van der Waals surface area contributed by atoms with Crippen LogP contribution in [-0.2, 0) is 6.18 Å². The predicted octanol–water partition coefficient (Wildman–Crippen LogP) is 4.82. The zero-order chi connectivity index (χ0) is 16.4. The van der Waals surface area contributed by atoms with Gasteiger partial charge < -0.3 is 5.32 Å². The molecule has 3 rings (SSSR count). The van der Waals surface area contributed by atoms with E-state index in [9.17, 15) is 13.2 Å². The van der Waals surface area contributed by atoms with Crippen molar-refractivity contribution < 1.29 is 13.2 Å². The minimum absolute atomic E-state index is 0.180. The van der Waals surface area contributed by atoms with Gasteiger partial charge in [-0.15, -0.1) is 0 Å². The molecule has 1 heterocycles. The summed E-state index contributed by atoms with van der Waals surface area (Å²) in [6.45, 7) is 1.87. The Morgan fingerprint density at radius 3 is 2.26 bits per heavy atom. The molecule has 1 aromatic heterocycles. The van der Waals surface area contributed by atoms with Crippen LogP contribution in [0.4, 0.5) is 19.0 Å². The minimum atomic E-state index is -4.59. The predicted molar refractivity (Wildman–Crippen MR) is 83.0 cm³/mol. The van der Waals surface area contributed by atoms with E-state index in [1.165, 1.54) is 0 Å². The van der Waals surface area contributed by atoms with Gasteiger partial charge in [0.15, 0.2) is 0 Å². The molecule has 1 N–H and O–H groups in total. The lowest BCUT2D eigenvalue weighted by Crippen LogP contribution is -2.15. The average molecular weight is 317 g/mol. The maximum absolute atomic E-state index is 13.0. The summed E-state index contributed by atoms with van der Waals surface area (Å²) < 4.78 is 39.0. The first kappa shape index (κ1) is 15.3. The Morgan fingerprint density at radius 2 is 1.57 bits per heavy atom. The zero-order valence-electron chi connectivity index (χ0n) is 12.3. The van der Waals surface area contributed by atoms with Crippen molar-refractivity contribution in [1.82, 2.24) is 9.97 Å². The molecule has 0 radical (unpaired) electrons. The molecule has 118 valence electrons. The molecule has 3 aromatic rings. The molecule has 0 spiro atoms. The summed E-state index contributed by atoms with van der Waals surface area (Å²) in [7, 11) is 0. The minimum Gasteiger partial charge on any atom is -0.363 e. The molecular weight excluding hydrogens is 303 g/mol. The highest BCUT2D eigenvalue weighted by Gasteiger charge is 2.35. The van der Waals surface area contributed by atoms with Crippen LogP contribution in [0.2, 0.25) is 0 Å². The van der Waals surface area contributed by atoms with Crippen LogP contribution < -0.4 is 5.32 Å². The van der Waals surface area contributed by atoms with Gasteiger partial charge in [-0.05, 0) is 24.6 Å². The topological polar surface area (TPSA) is 37.8 Å². The van der Waals surface area contributed by atoms with Gasteiger partial charge in [-0.1, -0.05) is 42.5 Å². The van der Waals surface area contributed by atoms with Crippen LogP contribution in [-0.4, -0.2) is 9.97 Å². The summed E-state index contributed by atoms with van der Waals surface area (Å²) in [5.41, 5.74) is 1.22. The second kappa shape index (κ2) is 5.87. The lowest BCUT2D eigenvalue weighted by atomic mass is 10.1. The standard InChI is InChI=1S/C17H14F3N3/c1-11(12-7-3-2-4-8-12)21-15-13-9-5-6-10-14(13)22-16(23-15)17(18,19)20/h2-11H,1H3,(H,21,22,23)/t11-/m0/s1. The largest absolute Gasteiger partial charge is 0.451 e. The summed E-state index contributed by atoms with van der Waals surface area (Å²) in [5.74, 6) is -0.960. The van der Waals surface area contributed by atoms with E-state index in [0.717, 1.165) is 5.56 Å². The molecule has 0 aliphatic heterocycles. The Hall–Kier alpha value is -2.63. The van der Waals surface area contributed by atoms with E-state index in [2.05, 4.69) is 15.3 Å². The van der Waals surface area contributed by atoms with E-state index in [1.807, 2.05) is 37.3 Å². The number of para-hydroxylation sites is 1. The molecule has 2 aromatic carbocycles. The number of hydrogen-bond acceptors (Lipinski definition) is 3. The maximum Gasteiger partial charge on any atom is 0.451 e. The van der Waals surface area contributed by atoms with Gasteiger partial charge in [0.05, 0.1) is 5.52 Å². The summed E-state index contributed by atoms with van der Waals surface area (Å²) in [4.78, 5) is 7.30. The second-order valence-corrected chi connectivity index (χ2v) is 5.19. The lowest BCUT2D eigenvalue weighted by Gasteiger charge is -2.17. The fourth-order valence-corrected chi connectivity index (χ4v) is 2.34. The first-order valence-electron chi connectivity index (χ1n) is 7.10. The highest BCUT2D eigenvalue weighted by molar-refractivity contribution is 5.89. The van der Waals surface area contributed by atoms with Crippen molar-refractivity contribution in [2.24, 2.45) is 0 Å². The summed E-state index contributed by atoms with van der Waals surface area (Å²) >= 11 is 0. The number of alkyl halides is 3. The number of fused-ring (bicyclic) bond motifs is 1. The van der Waals surface area contributed by atoms with Crippen LogP contribution in [0.3, 0.4) is 0 Å². The van der Waals surface area contributed by atoms with Gasteiger partial charge in [0.2, 0.25) is 5.82 Å². The quantitative estimate of drug-likeness (QED) is 0.752. The number of hydrogen-bond donors (Lipinski definition) is 1. The van der Waals surface area contributed by atoms with Gasteiger partial charge >= 0.3 is 6.18 Å². The van der Waals surface area contributed by atoms with Crippen molar-refractivity contribution in [1.29, 1.82) is 0 Å². The Bertz CT molecular complexity index is 816. The van der Waals surface area contributed by atoms with E-state index in [4.69, 9.17) is 0 Å². The van der Waals surface area contributed by atoms with Gasteiger partial charge in [0.1, 0.15) is 5.82 Å². The molecule has 23 heavy (non-hydrogen) atoms. The average Bonchev–Trinajstić information content (AvgIpc) is 2.54. The highest BCUT2D eigenvalue weighted by atomic mass is 19.4. The highest BCUT2D eigenvalue weighted by Crippen LogP contribution is 2.31. The summed E-state index contributed by atoms with van der Waals surface area (Å²) in [6, 6.07) is 15.9. The smallest absolute Gasteiger partial charge is 0.363 e. The Balaban J connectivity index is 2.05. The van der Waals surface area contributed by atoms with E-state index >= 15 is 0 Å². The van der Waals surface area contributed by atoms with E-state index in [-0.39, 0.29) is 17.4 Å². The van der Waals surface area contributed by atoms with Gasteiger partial charge in [0.25, 0.3) is 0 Å². The van der Waals surface area contributed by atoms with Crippen molar-refractivity contribution in [2.75, 3.05) is 5.32 Å². The number of aromatic nitrogens is 2. The summed E-state index contributed by atoms with van der Waals surface area (Å²) in [6.07, 6.45) is -4.59. The zero-order valence-corrected chi connectivity index (χ0v) is 12.3. The van der Waals surface area contributed by atoms with Crippen LogP contribution >= 0.6 is 0 Å². The van der Waals surface area contributed by atoms with Gasteiger partial charge in [0, 0.05) is 11.4 Å². The van der Waals surface area contributed by atoms with Gasteiger partial charge in [-0.2, -0.15) is 13.2 Å². The fraction of sp³-hybridized carbons (Fsp3) is 0.176. The van der Waals surface area contributed by atoms with Crippen molar-refractivity contribution in [3.05, 3.63) is 66.0 Å². The second-order valence-electron chi connectivity index (χ2n) is 5.19. The Morgan fingerprint density at radius 1 is 0.913 bits per heavy atom. The fourth-order valence-electron chi connectivity index (χ4n) is 2.34. The van der Waals surface area contributed by atoms with Crippen LogP contribution in [0.15, 0.2) is 54.6 Å². The van der Waals surface area contributed by atoms with Gasteiger partial charge in [-0.3, -0.25) is 0 Å². The first-order chi connectivity index (χ1) is 10.9. The molecule has 3 nitrogen and oxygen atoms in total. The molecule has 1 atom stereocenters. The van der Waals surface area contributed by atoms with Crippen LogP contribution in [0.1, 0.15) is 24.4 Å². The molecule has 0 amide bonds. The van der Waals surface area contributed by atoms with Crippen molar-refractivity contribution in [2.45, 2.75) is 19.1 Å². The van der Waals surface area contributed by atoms with Crippen molar-refractivity contribution in [3.63, 3.8) is 0 Å². The molecule has 0 bridgehead atoms. The van der Waals surface area contributed by atoms with Crippen LogP contribution in [0.25, 0.3) is 10.9 Å². The molecular formula is C17H14F3N3. The number of nitrogens with one attached hydrogen (secondary N) is 1. The van der Waals surface area contributed by atoms with Crippen molar-refractivity contribution >= 4 is 16.7 Å². The molecule has 0 unspecified atom stereocenters. The Labute approximate surface area is 131 Å².